The minimum atomic E-state index is -0.283. The number of rotatable bonds is 2. The Kier molecular flexibility index (Phi) is 3.09. The summed E-state index contributed by atoms with van der Waals surface area (Å²) in [5, 5.41) is 0. The van der Waals surface area contributed by atoms with Crippen LogP contribution in [0.4, 0.5) is 4.39 Å². The summed E-state index contributed by atoms with van der Waals surface area (Å²) < 4.78 is 25.3. The minimum absolute atomic E-state index is 0.194. The van der Waals surface area contributed by atoms with Crippen molar-refractivity contribution in [3.05, 3.63) is 48.3 Å². The number of para-hydroxylation sites is 1. The summed E-state index contributed by atoms with van der Waals surface area (Å²) >= 11 is 0. The van der Waals surface area contributed by atoms with Crippen molar-refractivity contribution < 1.29 is 13.9 Å². The molecule has 0 saturated heterocycles. The van der Waals surface area contributed by atoms with Gasteiger partial charge in [0.15, 0.2) is 11.5 Å². The largest absolute Gasteiger partial charge is 0.486 e. The SMILES string of the molecule is NC[C@H]1COc2cccc(-c3ccccc3F)c2O1. The normalized spacial score (nSPS) is 17.3. The first-order chi connectivity index (χ1) is 9.29. The average Bonchev–Trinajstić information content (AvgIpc) is 2.47. The van der Waals surface area contributed by atoms with E-state index in [2.05, 4.69) is 0 Å². The van der Waals surface area contributed by atoms with Gasteiger partial charge in [-0.2, -0.15) is 0 Å². The number of halogens is 1. The van der Waals surface area contributed by atoms with Crippen molar-refractivity contribution in [2.75, 3.05) is 13.2 Å². The third kappa shape index (κ3) is 2.15. The monoisotopic (exact) mass is 259 g/mol. The molecule has 1 heterocycles. The van der Waals surface area contributed by atoms with Crippen LogP contribution in [0.3, 0.4) is 0 Å². The number of fused-ring (bicyclic) bond motifs is 1. The molecule has 2 aromatic carbocycles. The van der Waals surface area contributed by atoms with Crippen LogP contribution in [0.1, 0.15) is 0 Å². The summed E-state index contributed by atoms with van der Waals surface area (Å²) in [6.45, 7) is 0.787. The van der Waals surface area contributed by atoms with Gasteiger partial charge in [-0.3, -0.25) is 0 Å². The van der Waals surface area contributed by atoms with Gasteiger partial charge < -0.3 is 15.2 Å². The zero-order chi connectivity index (χ0) is 13.2. The number of nitrogens with two attached hydrogens (primary N) is 1. The van der Waals surface area contributed by atoms with Crippen LogP contribution in [0.25, 0.3) is 11.1 Å². The lowest BCUT2D eigenvalue weighted by molar-refractivity contribution is 0.0976. The zero-order valence-electron chi connectivity index (χ0n) is 10.3. The molecule has 1 atom stereocenters. The highest BCUT2D eigenvalue weighted by Crippen LogP contribution is 2.41. The van der Waals surface area contributed by atoms with E-state index in [0.717, 1.165) is 0 Å². The van der Waals surface area contributed by atoms with Gasteiger partial charge in [0.2, 0.25) is 0 Å². The smallest absolute Gasteiger partial charge is 0.169 e. The summed E-state index contributed by atoms with van der Waals surface area (Å²) in [7, 11) is 0. The quantitative estimate of drug-likeness (QED) is 0.901. The predicted octanol–water partition coefficient (Wildman–Crippen LogP) is 2.59. The standard InChI is InChI=1S/C15H14FNO2/c16-13-6-2-1-4-11(13)12-5-3-7-14-15(12)19-10(8-17)9-18-14/h1-7,10H,8-9,17H2/t10-/m0/s1. The van der Waals surface area contributed by atoms with Gasteiger partial charge in [-0.25, -0.2) is 4.39 Å². The van der Waals surface area contributed by atoms with Crippen LogP contribution in [0.5, 0.6) is 11.5 Å². The van der Waals surface area contributed by atoms with Crippen molar-refractivity contribution >= 4 is 0 Å². The van der Waals surface area contributed by atoms with Crippen LogP contribution in [-0.4, -0.2) is 19.3 Å². The fourth-order valence-electron chi connectivity index (χ4n) is 2.14. The second-order valence-corrected chi connectivity index (χ2v) is 4.40. The molecular weight excluding hydrogens is 245 g/mol. The van der Waals surface area contributed by atoms with E-state index in [0.29, 0.717) is 35.8 Å². The van der Waals surface area contributed by atoms with E-state index in [1.165, 1.54) is 6.07 Å². The van der Waals surface area contributed by atoms with Gasteiger partial charge in [0.05, 0.1) is 0 Å². The number of hydrogen-bond donors (Lipinski definition) is 1. The molecule has 0 radical (unpaired) electrons. The molecule has 0 unspecified atom stereocenters. The molecule has 0 saturated carbocycles. The van der Waals surface area contributed by atoms with Crippen LogP contribution in [-0.2, 0) is 0 Å². The van der Waals surface area contributed by atoms with Crippen LogP contribution in [0.15, 0.2) is 42.5 Å². The van der Waals surface area contributed by atoms with E-state index in [1.807, 2.05) is 18.2 Å². The third-order valence-corrected chi connectivity index (χ3v) is 3.12. The molecule has 0 bridgehead atoms. The molecule has 2 aromatic rings. The molecule has 19 heavy (non-hydrogen) atoms. The van der Waals surface area contributed by atoms with Crippen LogP contribution in [0, 0.1) is 5.82 Å². The Bertz CT molecular complexity index is 600. The highest BCUT2D eigenvalue weighted by molar-refractivity contribution is 5.74. The maximum atomic E-state index is 13.9. The van der Waals surface area contributed by atoms with Crippen molar-refractivity contribution in [3.8, 4) is 22.6 Å². The fourth-order valence-corrected chi connectivity index (χ4v) is 2.14. The van der Waals surface area contributed by atoms with Gasteiger partial charge >= 0.3 is 0 Å². The van der Waals surface area contributed by atoms with E-state index >= 15 is 0 Å². The van der Waals surface area contributed by atoms with Crippen LogP contribution < -0.4 is 15.2 Å². The van der Waals surface area contributed by atoms with E-state index < -0.39 is 0 Å². The summed E-state index contributed by atoms with van der Waals surface area (Å²) in [5.74, 6) is 0.911. The van der Waals surface area contributed by atoms with Crippen LogP contribution in [0.2, 0.25) is 0 Å². The Morgan fingerprint density at radius 3 is 2.68 bits per heavy atom. The Morgan fingerprint density at radius 1 is 1.11 bits per heavy atom. The molecule has 2 N–H and O–H groups in total. The Labute approximate surface area is 110 Å². The molecule has 0 amide bonds. The predicted molar refractivity (Wildman–Crippen MR) is 70.8 cm³/mol. The molecule has 0 aromatic heterocycles. The van der Waals surface area contributed by atoms with Crippen molar-refractivity contribution in [1.29, 1.82) is 0 Å². The minimum Gasteiger partial charge on any atom is -0.486 e. The number of hydrogen-bond acceptors (Lipinski definition) is 3. The molecule has 0 spiro atoms. The number of benzene rings is 2. The first-order valence-electron chi connectivity index (χ1n) is 6.17. The van der Waals surface area contributed by atoms with E-state index in [-0.39, 0.29) is 11.9 Å². The molecule has 3 nitrogen and oxygen atoms in total. The fraction of sp³-hybridized carbons (Fsp3) is 0.200. The second-order valence-electron chi connectivity index (χ2n) is 4.40. The lowest BCUT2D eigenvalue weighted by Gasteiger charge is -2.27. The summed E-state index contributed by atoms with van der Waals surface area (Å²) in [5.41, 5.74) is 6.79. The highest BCUT2D eigenvalue weighted by atomic mass is 19.1. The van der Waals surface area contributed by atoms with Crippen molar-refractivity contribution in [2.24, 2.45) is 5.73 Å². The molecule has 98 valence electrons. The summed E-state index contributed by atoms with van der Waals surface area (Å²) in [6.07, 6.45) is -0.194. The zero-order valence-corrected chi connectivity index (χ0v) is 10.3. The molecule has 0 aliphatic carbocycles. The second kappa shape index (κ2) is 4.90. The molecular formula is C15H14FNO2. The van der Waals surface area contributed by atoms with E-state index in [4.69, 9.17) is 15.2 Å². The van der Waals surface area contributed by atoms with Gasteiger partial charge in [0, 0.05) is 17.7 Å². The maximum absolute atomic E-state index is 13.9. The number of ether oxygens (including phenoxy) is 2. The molecule has 1 aliphatic rings. The maximum Gasteiger partial charge on any atom is 0.169 e. The van der Waals surface area contributed by atoms with Gasteiger partial charge in [-0.15, -0.1) is 0 Å². The lowest BCUT2D eigenvalue weighted by atomic mass is 10.0. The van der Waals surface area contributed by atoms with Crippen LogP contribution >= 0.6 is 0 Å². The average molecular weight is 259 g/mol. The van der Waals surface area contributed by atoms with E-state index in [9.17, 15) is 4.39 Å². The van der Waals surface area contributed by atoms with Crippen molar-refractivity contribution in [1.82, 2.24) is 0 Å². The molecule has 3 rings (SSSR count). The third-order valence-electron chi connectivity index (χ3n) is 3.12. The Hall–Kier alpha value is -2.07. The van der Waals surface area contributed by atoms with Gasteiger partial charge in [0.25, 0.3) is 0 Å². The van der Waals surface area contributed by atoms with Gasteiger partial charge in [0.1, 0.15) is 18.5 Å². The Morgan fingerprint density at radius 2 is 1.89 bits per heavy atom. The molecule has 4 heteroatoms. The first kappa shape index (κ1) is 12.0. The summed E-state index contributed by atoms with van der Waals surface area (Å²) in [6, 6.07) is 12.1. The van der Waals surface area contributed by atoms with Gasteiger partial charge in [-0.1, -0.05) is 30.3 Å². The van der Waals surface area contributed by atoms with Gasteiger partial charge in [-0.05, 0) is 12.1 Å². The summed E-state index contributed by atoms with van der Waals surface area (Å²) in [4.78, 5) is 0. The topological polar surface area (TPSA) is 44.5 Å². The van der Waals surface area contributed by atoms with E-state index in [1.54, 1.807) is 18.2 Å². The lowest BCUT2D eigenvalue weighted by Crippen LogP contribution is -2.35. The molecule has 1 aliphatic heterocycles. The Balaban J connectivity index is 2.11. The van der Waals surface area contributed by atoms with Crippen molar-refractivity contribution in [3.63, 3.8) is 0 Å². The highest BCUT2D eigenvalue weighted by Gasteiger charge is 2.23. The first-order valence-corrected chi connectivity index (χ1v) is 6.17. The van der Waals surface area contributed by atoms with Crippen molar-refractivity contribution in [2.45, 2.75) is 6.10 Å². The molecule has 0 fully saturated rings.